The Labute approximate surface area is 145 Å². The van der Waals surface area contributed by atoms with Gasteiger partial charge in [0, 0.05) is 17.5 Å². The largest absolute Gasteiger partial charge is 0.482 e. The van der Waals surface area contributed by atoms with E-state index in [1.165, 1.54) is 13.0 Å². The van der Waals surface area contributed by atoms with Gasteiger partial charge in [0.2, 0.25) is 0 Å². The lowest BCUT2D eigenvalue weighted by atomic mass is 9.95. The Morgan fingerprint density at radius 2 is 2.12 bits per heavy atom. The fraction of sp³-hybridized carbons (Fsp3) is 0.200. The van der Waals surface area contributed by atoms with Crippen LogP contribution in [0.4, 0.5) is 4.39 Å². The Kier molecular flexibility index (Phi) is 5.70. The molecule has 1 aliphatic rings. The van der Waals surface area contributed by atoms with E-state index in [2.05, 4.69) is 13.2 Å². The number of fused-ring (bicyclic) bond motifs is 1. The van der Waals surface area contributed by atoms with Crippen LogP contribution >= 0.6 is 0 Å². The maximum atomic E-state index is 13.6. The van der Waals surface area contributed by atoms with Crippen LogP contribution < -0.4 is 4.74 Å². The van der Waals surface area contributed by atoms with E-state index in [-0.39, 0.29) is 17.8 Å². The molecule has 0 aliphatic carbocycles. The summed E-state index contributed by atoms with van der Waals surface area (Å²) in [5, 5.41) is 9.26. The third-order valence-electron chi connectivity index (χ3n) is 3.83. The maximum Gasteiger partial charge on any atom is 0.335 e. The number of rotatable bonds is 7. The molecule has 0 fully saturated rings. The van der Waals surface area contributed by atoms with Crippen LogP contribution in [0.1, 0.15) is 29.3 Å². The number of hydrogen-bond acceptors (Lipinski definition) is 3. The van der Waals surface area contributed by atoms with E-state index in [9.17, 15) is 19.1 Å². The van der Waals surface area contributed by atoms with Crippen LogP contribution in [0.5, 0.6) is 5.75 Å². The first kappa shape index (κ1) is 18.4. The molecule has 1 N–H and O–H groups in total. The van der Waals surface area contributed by atoms with Gasteiger partial charge in [-0.25, -0.2) is 9.18 Å². The molecule has 4 nitrogen and oxygen atoms in total. The quantitative estimate of drug-likeness (QED) is 0.597. The molecule has 1 aromatic rings. The molecule has 1 aromatic carbocycles. The van der Waals surface area contributed by atoms with Crippen molar-refractivity contribution in [3.05, 3.63) is 71.9 Å². The summed E-state index contributed by atoms with van der Waals surface area (Å²) in [4.78, 5) is 23.7. The number of carboxylic acids is 1. The lowest BCUT2D eigenvalue weighted by Crippen LogP contribution is -2.34. The van der Waals surface area contributed by atoms with E-state index in [1.54, 1.807) is 36.4 Å². The van der Waals surface area contributed by atoms with E-state index >= 15 is 0 Å². The molecule has 25 heavy (non-hydrogen) atoms. The van der Waals surface area contributed by atoms with Gasteiger partial charge in [-0.2, -0.15) is 0 Å². The number of ketones is 1. The number of ether oxygens (including phenoxy) is 1. The summed E-state index contributed by atoms with van der Waals surface area (Å²) < 4.78 is 19.1. The van der Waals surface area contributed by atoms with Crippen LogP contribution in [-0.2, 0) is 4.79 Å². The molecular formula is C20H19FO4. The maximum absolute atomic E-state index is 13.6. The van der Waals surface area contributed by atoms with Gasteiger partial charge in [0.05, 0.1) is 5.57 Å². The van der Waals surface area contributed by atoms with Crippen molar-refractivity contribution in [2.75, 3.05) is 0 Å². The first-order valence-electron chi connectivity index (χ1n) is 7.74. The average Bonchev–Trinajstić information content (AvgIpc) is 2.59. The van der Waals surface area contributed by atoms with Crippen molar-refractivity contribution >= 4 is 17.8 Å². The average molecular weight is 342 g/mol. The number of aliphatic carboxylic acids is 1. The van der Waals surface area contributed by atoms with Gasteiger partial charge < -0.3 is 9.84 Å². The van der Waals surface area contributed by atoms with E-state index < -0.39 is 18.2 Å². The normalized spacial score (nSPS) is 17.6. The molecule has 0 spiro atoms. The van der Waals surface area contributed by atoms with Crippen molar-refractivity contribution in [2.45, 2.75) is 25.6 Å². The second-order valence-corrected chi connectivity index (χ2v) is 5.65. The molecule has 1 heterocycles. The Morgan fingerprint density at radius 1 is 1.40 bits per heavy atom. The van der Waals surface area contributed by atoms with Crippen molar-refractivity contribution in [1.82, 2.24) is 0 Å². The topological polar surface area (TPSA) is 63.6 Å². The van der Waals surface area contributed by atoms with Crippen LogP contribution in [0.2, 0.25) is 0 Å². The lowest BCUT2D eigenvalue weighted by molar-refractivity contribution is -0.133. The number of carbonyl (C=O) groups is 2. The molecule has 0 aromatic heterocycles. The number of benzene rings is 1. The van der Waals surface area contributed by atoms with Gasteiger partial charge in [0.15, 0.2) is 11.9 Å². The first-order valence-corrected chi connectivity index (χ1v) is 7.74. The first-order chi connectivity index (χ1) is 11.9. The highest BCUT2D eigenvalue weighted by Crippen LogP contribution is 2.33. The predicted molar refractivity (Wildman–Crippen MR) is 94.5 cm³/mol. The monoisotopic (exact) mass is 342 g/mol. The Bertz CT molecular complexity index is 787. The SMILES string of the molecule is C=C/C=C(\C=C)CC(=O)c1ccc2c(c1)C=C(C(=O)O)C(C(C)F)O2. The minimum atomic E-state index is -1.48. The molecule has 2 atom stereocenters. The summed E-state index contributed by atoms with van der Waals surface area (Å²) in [7, 11) is 0. The lowest BCUT2D eigenvalue weighted by Gasteiger charge is -2.26. The van der Waals surface area contributed by atoms with Crippen molar-refractivity contribution in [2.24, 2.45) is 0 Å². The zero-order valence-electron chi connectivity index (χ0n) is 13.9. The van der Waals surface area contributed by atoms with Crippen LogP contribution in [0.25, 0.3) is 6.08 Å². The van der Waals surface area contributed by atoms with Gasteiger partial charge in [0.25, 0.3) is 0 Å². The van der Waals surface area contributed by atoms with E-state index in [4.69, 9.17) is 4.74 Å². The number of halogens is 1. The second-order valence-electron chi connectivity index (χ2n) is 5.65. The van der Waals surface area contributed by atoms with Gasteiger partial charge in [-0.1, -0.05) is 31.4 Å². The summed E-state index contributed by atoms with van der Waals surface area (Å²) in [6.07, 6.45) is 3.70. The van der Waals surface area contributed by atoms with Crippen LogP contribution in [-0.4, -0.2) is 29.1 Å². The van der Waals surface area contributed by atoms with E-state index in [0.29, 0.717) is 16.9 Å². The highest BCUT2D eigenvalue weighted by atomic mass is 19.1. The Morgan fingerprint density at radius 3 is 2.68 bits per heavy atom. The standard InChI is InChI=1S/C20H19FO4/c1-4-6-13(5-2)9-17(22)14-7-8-18-15(10-14)11-16(20(23)24)19(25-18)12(3)21/h4-8,10-12,19H,1-2,9H2,3H3,(H,23,24)/b13-6+. The zero-order chi connectivity index (χ0) is 18.6. The van der Waals surface area contributed by atoms with Crippen molar-refractivity contribution in [3.63, 3.8) is 0 Å². The van der Waals surface area contributed by atoms with Gasteiger partial charge in [0.1, 0.15) is 11.9 Å². The summed E-state index contributed by atoms with van der Waals surface area (Å²) in [5.41, 5.74) is 1.40. The smallest absolute Gasteiger partial charge is 0.335 e. The second kappa shape index (κ2) is 7.75. The number of carboxylic acid groups (broad SMARTS) is 1. The van der Waals surface area contributed by atoms with Crippen molar-refractivity contribution in [3.8, 4) is 5.75 Å². The van der Waals surface area contributed by atoms with E-state index in [1.807, 2.05) is 0 Å². The molecule has 0 bridgehead atoms. The highest BCUT2D eigenvalue weighted by Gasteiger charge is 2.32. The van der Waals surface area contributed by atoms with Crippen LogP contribution in [0.15, 0.2) is 60.7 Å². The molecule has 0 amide bonds. The van der Waals surface area contributed by atoms with Crippen LogP contribution in [0.3, 0.4) is 0 Å². The summed E-state index contributed by atoms with van der Waals surface area (Å²) in [6, 6.07) is 4.68. The molecule has 0 saturated heterocycles. The van der Waals surface area contributed by atoms with E-state index in [0.717, 1.165) is 5.57 Å². The molecule has 0 radical (unpaired) electrons. The molecule has 130 valence electrons. The number of hydrogen-bond donors (Lipinski definition) is 1. The molecule has 2 unspecified atom stereocenters. The summed E-state index contributed by atoms with van der Waals surface area (Å²) >= 11 is 0. The predicted octanol–water partition coefficient (Wildman–Crippen LogP) is 4.14. The van der Waals surface area contributed by atoms with Crippen molar-refractivity contribution in [1.29, 1.82) is 0 Å². The Balaban J connectivity index is 2.36. The minimum Gasteiger partial charge on any atom is -0.482 e. The van der Waals surface area contributed by atoms with Crippen LogP contribution in [0, 0.1) is 0 Å². The van der Waals surface area contributed by atoms with Gasteiger partial charge in [-0.3, -0.25) is 4.79 Å². The molecule has 5 heteroatoms. The third-order valence-corrected chi connectivity index (χ3v) is 3.83. The number of allylic oxidation sites excluding steroid dienone is 4. The minimum absolute atomic E-state index is 0.148. The zero-order valence-corrected chi connectivity index (χ0v) is 13.9. The van der Waals surface area contributed by atoms with Crippen molar-refractivity contribution < 1.29 is 23.8 Å². The molecule has 1 aliphatic heterocycles. The number of Topliss-reactive ketones (excluding diaryl/α,β-unsaturated/α-hetero) is 1. The number of carbonyl (C=O) groups excluding carboxylic acids is 1. The van der Waals surface area contributed by atoms with Gasteiger partial charge in [-0.15, -0.1) is 0 Å². The molecule has 2 rings (SSSR count). The molecule has 0 saturated carbocycles. The summed E-state index contributed by atoms with van der Waals surface area (Å²) in [5.74, 6) is -1.05. The number of alkyl halides is 1. The fourth-order valence-corrected chi connectivity index (χ4v) is 2.55. The third kappa shape index (κ3) is 4.12. The Hall–Kier alpha value is -2.95. The summed E-state index contributed by atoms with van der Waals surface area (Å²) in [6.45, 7) is 8.48. The fourth-order valence-electron chi connectivity index (χ4n) is 2.55. The highest BCUT2D eigenvalue weighted by molar-refractivity contribution is 6.00. The molecular weight excluding hydrogens is 323 g/mol. The van der Waals surface area contributed by atoms with Gasteiger partial charge in [-0.05, 0) is 36.8 Å². The van der Waals surface area contributed by atoms with Gasteiger partial charge >= 0.3 is 5.97 Å².